The van der Waals surface area contributed by atoms with Crippen molar-refractivity contribution in [1.29, 1.82) is 0 Å². The first-order chi connectivity index (χ1) is 2.94. The van der Waals surface area contributed by atoms with E-state index in [-0.39, 0.29) is 24.6 Å². The predicted octanol–water partition coefficient (Wildman–Crippen LogP) is -0.0345. The molecule has 0 amide bonds. The summed E-state index contributed by atoms with van der Waals surface area (Å²) in [7, 11) is 0. The summed E-state index contributed by atoms with van der Waals surface area (Å²) < 4.78 is 0. The Morgan fingerprint density at radius 2 is 1.62 bits per heavy atom. The van der Waals surface area contributed by atoms with Crippen LogP contribution in [0.2, 0.25) is 0 Å². The summed E-state index contributed by atoms with van der Waals surface area (Å²) in [5, 5.41) is 8.75. The van der Waals surface area contributed by atoms with Crippen molar-refractivity contribution in [2.45, 2.75) is 26.4 Å². The fraction of sp³-hybridized carbons (Fsp3) is 0.800. The summed E-state index contributed by atoms with van der Waals surface area (Å²) >= 11 is 0. The minimum atomic E-state index is -1.14. The SMILES string of the molecule is CC(=O)C(C)(C)O.[Li]. The Labute approximate surface area is 61.5 Å². The van der Waals surface area contributed by atoms with Gasteiger partial charge < -0.3 is 5.11 Å². The Hall–Kier alpha value is 0.227. The fourth-order valence-corrected chi connectivity index (χ4v) is 0. The van der Waals surface area contributed by atoms with Crippen molar-refractivity contribution >= 4 is 24.6 Å². The summed E-state index contributed by atoms with van der Waals surface area (Å²) in [5.41, 5.74) is -1.14. The Kier molecular flexibility index (Phi) is 4.56. The standard InChI is InChI=1S/C5H10O2.Li/c1-4(6)5(2,3)7;/h7H,1-3H3;. The maximum atomic E-state index is 10.2. The van der Waals surface area contributed by atoms with Crippen LogP contribution in [0.4, 0.5) is 0 Å². The minimum Gasteiger partial charge on any atom is -0.383 e. The normalized spacial score (nSPS) is 10.0. The van der Waals surface area contributed by atoms with Gasteiger partial charge in [-0.3, -0.25) is 4.79 Å². The molecule has 0 atom stereocenters. The fourth-order valence-electron chi connectivity index (χ4n) is 0. The smallest absolute Gasteiger partial charge is 0.160 e. The largest absolute Gasteiger partial charge is 0.383 e. The van der Waals surface area contributed by atoms with Gasteiger partial charge >= 0.3 is 0 Å². The van der Waals surface area contributed by atoms with E-state index in [4.69, 9.17) is 5.11 Å². The van der Waals surface area contributed by atoms with Gasteiger partial charge in [0.15, 0.2) is 5.78 Å². The zero-order valence-corrected chi connectivity index (χ0v) is 5.86. The zero-order chi connectivity index (χ0) is 6.08. The van der Waals surface area contributed by atoms with Crippen molar-refractivity contribution < 1.29 is 9.90 Å². The molecule has 0 aromatic carbocycles. The van der Waals surface area contributed by atoms with E-state index in [1.165, 1.54) is 20.8 Å². The molecule has 0 aliphatic rings. The molecular formula is C5H10LiO2. The van der Waals surface area contributed by atoms with Gasteiger partial charge in [-0.1, -0.05) is 0 Å². The van der Waals surface area contributed by atoms with Crippen LogP contribution >= 0.6 is 0 Å². The number of carbonyl (C=O) groups excluding carboxylic acids is 1. The van der Waals surface area contributed by atoms with Crippen LogP contribution in [-0.2, 0) is 4.79 Å². The third-order valence-electron chi connectivity index (χ3n) is 0.862. The molecule has 0 heterocycles. The Morgan fingerprint density at radius 1 is 1.50 bits per heavy atom. The second kappa shape index (κ2) is 3.29. The van der Waals surface area contributed by atoms with Crippen molar-refractivity contribution in [3.05, 3.63) is 0 Å². The average molecular weight is 109 g/mol. The molecule has 0 unspecified atom stereocenters. The third-order valence-corrected chi connectivity index (χ3v) is 0.862. The molecule has 0 aliphatic heterocycles. The molecule has 2 nitrogen and oxygen atoms in total. The molecule has 0 saturated heterocycles. The van der Waals surface area contributed by atoms with E-state index >= 15 is 0 Å². The van der Waals surface area contributed by atoms with Crippen LogP contribution in [0.25, 0.3) is 0 Å². The monoisotopic (exact) mass is 109 g/mol. The van der Waals surface area contributed by atoms with Crippen LogP contribution in [0.3, 0.4) is 0 Å². The minimum absolute atomic E-state index is 0. The van der Waals surface area contributed by atoms with Gasteiger partial charge in [0.05, 0.1) is 0 Å². The number of Topliss-reactive ketones (excluding diaryl/α,β-unsaturated/α-hetero) is 1. The first-order valence-electron chi connectivity index (χ1n) is 2.18. The second-order valence-electron chi connectivity index (χ2n) is 2.12. The van der Waals surface area contributed by atoms with Crippen LogP contribution in [0.5, 0.6) is 0 Å². The molecule has 0 bridgehead atoms. The van der Waals surface area contributed by atoms with Crippen molar-refractivity contribution in [3.8, 4) is 0 Å². The molecule has 1 radical (unpaired) electrons. The third kappa shape index (κ3) is 4.39. The van der Waals surface area contributed by atoms with E-state index in [9.17, 15) is 4.79 Å². The van der Waals surface area contributed by atoms with Gasteiger partial charge in [-0.15, -0.1) is 0 Å². The summed E-state index contributed by atoms with van der Waals surface area (Å²) in [5.74, 6) is -0.201. The van der Waals surface area contributed by atoms with E-state index in [1.807, 2.05) is 0 Å². The van der Waals surface area contributed by atoms with E-state index < -0.39 is 5.60 Å². The molecule has 0 aromatic rings. The molecule has 0 rings (SSSR count). The van der Waals surface area contributed by atoms with Crippen molar-refractivity contribution in [2.24, 2.45) is 0 Å². The number of hydrogen-bond donors (Lipinski definition) is 1. The van der Waals surface area contributed by atoms with Gasteiger partial charge in [-0.05, 0) is 20.8 Å². The molecule has 0 aromatic heterocycles. The summed E-state index contributed by atoms with van der Waals surface area (Å²) in [4.78, 5) is 10.2. The Morgan fingerprint density at radius 3 is 1.62 bits per heavy atom. The number of hydrogen-bond acceptors (Lipinski definition) is 2. The Balaban J connectivity index is 0. The van der Waals surface area contributed by atoms with Crippen molar-refractivity contribution in [2.75, 3.05) is 0 Å². The van der Waals surface area contributed by atoms with Crippen molar-refractivity contribution in [1.82, 2.24) is 0 Å². The van der Waals surface area contributed by atoms with Gasteiger partial charge in [0.25, 0.3) is 0 Å². The summed E-state index contributed by atoms with van der Waals surface area (Å²) in [6.45, 7) is 4.30. The van der Waals surface area contributed by atoms with Gasteiger partial charge in [-0.25, -0.2) is 0 Å². The number of rotatable bonds is 1. The first kappa shape index (κ1) is 11.1. The van der Waals surface area contributed by atoms with Crippen LogP contribution in [0, 0.1) is 0 Å². The molecule has 0 aliphatic carbocycles. The number of carbonyl (C=O) groups is 1. The van der Waals surface area contributed by atoms with Gasteiger partial charge in [0.1, 0.15) is 5.60 Å². The van der Waals surface area contributed by atoms with Gasteiger partial charge in [0.2, 0.25) is 0 Å². The molecule has 0 spiro atoms. The van der Waals surface area contributed by atoms with E-state index in [0.29, 0.717) is 0 Å². The average Bonchev–Trinajstić information content (AvgIpc) is 1.31. The predicted molar refractivity (Wildman–Crippen MR) is 32.7 cm³/mol. The molecule has 3 heteroatoms. The molecule has 43 valence electrons. The van der Waals surface area contributed by atoms with E-state index in [2.05, 4.69) is 0 Å². The summed E-state index contributed by atoms with van der Waals surface area (Å²) in [6, 6.07) is 0. The van der Waals surface area contributed by atoms with Gasteiger partial charge in [0, 0.05) is 18.9 Å². The van der Waals surface area contributed by atoms with Crippen LogP contribution in [0.1, 0.15) is 20.8 Å². The maximum Gasteiger partial charge on any atom is 0.160 e. The number of ketones is 1. The van der Waals surface area contributed by atoms with Crippen LogP contribution < -0.4 is 0 Å². The molecular weight excluding hydrogens is 99.0 g/mol. The Bertz CT molecular complexity index is 82.9. The second-order valence-corrected chi connectivity index (χ2v) is 2.12. The number of aliphatic hydroxyl groups is 1. The molecule has 0 saturated carbocycles. The zero-order valence-electron chi connectivity index (χ0n) is 5.86. The van der Waals surface area contributed by atoms with E-state index in [0.717, 1.165) is 0 Å². The molecule has 8 heavy (non-hydrogen) atoms. The molecule has 1 N–H and O–H groups in total. The summed E-state index contributed by atoms with van der Waals surface area (Å²) in [6.07, 6.45) is 0. The van der Waals surface area contributed by atoms with Crippen LogP contribution in [-0.4, -0.2) is 35.4 Å². The van der Waals surface area contributed by atoms with Crippen LogP contribution in [0.15, 0.2) is 0 Å². The molecule has 0 fully saturated rings. The first-order valence-corrected chi connectivity index (χ1v) is 2.18. The van der Waals surface area contributed by atoms with Crippen molar-refractivity contribution in [3.63, 3.8) is 0 Å². The topological polar surface area (TPSA) is 37.3 Å². The van der Waals surface area contributed by atoms with E-state index in [1.54, 1.807) is 0 Å². The maximum absolute atomic E-state index is 10.2. The van der Waals surface area contributed by atoms with Gasteiger partial charge in [-0.2, -0.15) is 0 Å². The quantitative estimate of drug-likeness (QED) is 0.480.